The molecule has 1 aliphatic carbocycles. The molecule has 2 rings (SSSR count). The molecule has 2 N–H and O–H groups in total. The number of aromatic nitrogens is 1. The predicted octanol–water partition coefficient (Wildman–Crippen LogP) is 2.34. The van der Waals surface area contributed by atoms with Crippen LogP contribution >= 0.6 is 0 Å². The molecule has 0 radical (unpaired) electrons. The van der Waals surface area contributed by atoms with E-state index < -0.39 is 5.54 Å². The third-order valence-corrected chi connectivity index (χ3v) is 3.99. The van der Waals surface area contributed by atoms with E-state index in [1.807, 2.05) is 19.1 Å². The van der Waals surface area contributed by atoms with Crippen molar-refractivity contribution in [2.45, 2.75) is 45.1 Å². The SMILES string of the molecule is CCN(C(=O)C1(N)CCCC(C)C1)c1ccncc1. The van der Waals surface area contributed by atoms with Crippen LogP contribution in [0.1, 0.15) is 39.5 Å². The highest BCUT2D eigenvalue weighted by Gasteiger charge is 2.40. The minimum absolute atomic E-state index is 0.0488. The summed E-state index contributed by atoms with van der Waals surface area (Å²) in [5.41, 5.74) is 6.58. The Morgan fingerprint density at radius 3 is 2.79 bits per heavy atom. The van der Waals surface area contributed by atoms with Crippen molar-refractivity contribution in [1.82, 2.24) is 4.98 Å². The number of hydrogen-bond donors (Lipinski definition) is 1. The topological polar surface area (TPSA) is 59.2 Å². The van der Waals surface area contributed by atoms with Crippen LogP contribution in [0.3, 0.4) is 0 Å². The van der Waals surface area contributed by atoms with Gasteiger partial charge in [0.25, 0.3) is 0 Å². The maximum atomic E-state index is 12.8. The molecule has 0 aromatic carbocycles. The first-order valence-electron chi connectivity index (χ1n) is 7.07. The van der Waals surface area contributed by atoms with Crippen molar-refractivity contribution in [3.05, 3.63) is 24.5 Å². The van der Waals surface area contributed by atoms with Crippen LogP contribution in [0.5, 0.6) is 0 Å². The quantitative estimate of drug-likeness (QED) is 0.908. The van der Waals surface area contributed by atoms with Gasteiger partial charge in [0, 0.05) is 24.6 Å². The van der Waals surface area contributed by atoms with E-state index >= 15 is 0 Å². The van der Waals surface area contributed by atoms with Gasteiger partial charge < -0.3 is 10.6 Å². The van der Waals surface area contributed by atoms with Gasteiger partial charge in [-0.15, -0.1) is 0 Å². The maximum Gasteiger partial charge on any atom is 0.247 e. The van der Waals surface area contributed by atoms with Gasteiger partial charge in [0.05, 0.1) is 5.54 Å². The van der Waals surface area contributed by atoms with Gasteiger partial charge >= 0.3 is 0 Å². The summed E-state index contributed by atoms with van der Waals surface area (Å²) in [6, 6.07) is 3.72. The smallest absolute Gasteiger partial charge is 0.247 e. The van der Waals surface area contributed by atoms with Gasteiger partial charge in [-0.1, -0.05) is 19.8 Å². The molecule has 0 saturated heterocycles. The standard InChI is InChI=1S/C15H23N3O/c1-3-18(13-6-9-17-10-7-13)14(19)15(16)8-4-5-12(2)11-15/h6-7,9-10,12H,3-5,8,11,16H2,1-2H3. The molecule has 1 fully saturated rings. The second-order valence-corrected chi connectivity index (χ2v) is 5.61. The first-order valence-corrected chi connectivity index (χ1v) is 7.07. The van der Waals surface area contributed by atoms with E-state index in [0.29, 0.717) is 12.5 Å². The van der Waals surface area contributed by atoms with Crippen molar-refractivity contribution >= 4 is 11.6 Å². The van der Waals surface area contributed by atoms with Crippen LogP contribution in [0.25, 0.3) is 0 Å². The first kappa shape index (κ1) is 14.0. The molecule has 4 heteroatoms. The summed E-state index contributed by atoms with van der Waals surface area (Å²) in [5, 5.41) is 0. The van der Waals surface area contributed by atoms with Gasteiger partial charge in [-0.3, -0.25) is 9.78 Å². The number of carbonyl (C=O) groups excluding carboxylic acids is 1. The fourth-order valence-electron chi connectivity index (χ4n) is 3.02. The molecular weight excluding hydrogens is 238 g/mol. The van der Waals surface area contributed by atoms with E-state index in [4.69, 9.17) is 5.73 Å². The lowest BCUT2D eigenvalue weighted by atomic mass is 9.76. The number of nitrogens with two attached hydrogens (primary N) is 1. The molecule has 19 heavy (non-hydrogen) atoms. The fraction of sp³-hybridized carbons (Fsp3) is 0.600. The van der Waals surface area contributed by atoms with E-state index in [9.17, 15) is 4.79 Å². The monoisotopic (exact) mass is 261 g/mol. The van der Waals surface area contributed by atoms with Crippen LogP contribution < -0.4 is 10.6 Å². The Kier molecular flexibility index (Phi) is 4.20. The molecule has 1 aromatic rings. The average Bonchev–Trinajstić information content (AvgIpc) is 2.40. The number of rotatable bonds is 3. The number of likely N-dealkylation sites (N-methyl/N-ethyl adjacent to an activating group) is 1. The van der Waals surface area contributed by atoms with Crippen LogP contribution in [-0.2, 0) is 4.79 Å². The summed E-state index contributed by atoms with van der Waals surface area (Å²) in [6.07, 6.45) is 7.20. The van der Waals surface area contributed by atoms with Gasteiger partial charge in [0.1, 0.15) is 0 Å². The lowest BCUT2D eigenvalue weighted by Gasteiger charge is -2.38. The number of amides is 1. The van der Waals surface area contributed by atoms with Crippen molar-refractivity contribution in [3.8, 4) is 0 Å². The van der Waals surface area contributed by atoms with Crippen molar-refractivity contribution in [1.29, 1.82) is 0 Å². The molecule has 1 amide bonds. The Labute approximate surface area is 115 Å². The molecule has 1 aromatic heterocycles. The third-order valence-electron chi connectivity index (χ3n) is 3.99. The molecule has 1 saturated carbocycles. The van der Waals surface area contributed by atoms with Crippen molar-refractivity contribution < 1.29 is 4.79 Å². The zero-order valence-electron chi connectivity index (χ0n) is 11.8. The van der Waals surface area contributed by atoms with Gasteiger partial charge in [-0.25, -0.2) is 0 Å². The normalized spacial score (nSPS) is 27.0. The highest BCUT2D eigenvalue weighted by Crippen LogP contribution is 2.32. The lowest BCUT2D eigenvalue weighted by molar-refractivity contribution is -0.125. The van der Waals surface area contributed by atoms with Crippen molar-refractivity contribution in [2.24, 2.45) is 11.7 Å². The molecule has 104 valence electrons. The van der Waals surface area contributed by atoms with Crippen LogP contribution in [0.15, 0.2) is 24.5 Å². The number of carbonyl (C=O) groups is 1. The zero-order chi connectivity index (χ0) is 13.9. The van der Waals surface area contributed by atoms with Crippen LogP contribution in [-0.4, -0.2) is 23.0 Å². The van der Waals surface area contributed by atoms with Crippen LogP contribution in [0.2, 0.25) is 0 Å². The molecule has 0 spiro atoms. The summed E-state index contributed by atoms with van der Waals surface area (Å²) in [7, 11) is 0. The highest BCUT2D eigenvalue weighted by molar-refractivity contribution is 6.00. The van der Waals surface area contributed by atoms with Gasteiger partial charge in [0.15, 0.2) is 0 Å². The number of pyridine rings is 1. The predicted molar refractivity (Wildman–Crippen MR) is 76.8 cm³/mol. The van der Waals surface area contributed by atoms with Gasteiger partial charge in [-0.2, -0.15) is 0 Å². The largest absolute Gasteiger partial charge is 0.317 e. The molecule has 0 aliphatic heterocycles. The van der Waals surface area contributed by atoms with E-state index in [0.717, 1.165) is 24.9 Å². The van der Waals surface area contributed by atoms with Gasteiger partial charge in [0.2, 0.25) is 5.91 Å². The zero-order valence-corrected chi connectivity index (χ0v) is 11.8. The summed E-state index contributed by atoms with van der Waals surface area (Å²) in [4.78, 5) is 18.5. The van der Waals surface area contributed by atoms with Crippen molar-refractivity contribution in [2.75, 3.05) is 11.4 Å². The number of anilines is 1. The Morgan fingerprint density at radius 1 is 1.53 bits per heavy atom. The summed E-state index contributed by atoms with van der Waals surface area (Å²) < 4.78 is 0. The molecule has 4 nitrogen and oxygen atoms in total. The first-order chi connectivity index (χ1) is 9.07. The van der Waals surface area contributed by atoms with Crippen LogP contribution in [0.4, 0.5) is 5.69 Å². The van der Waals surface area contributed by atoms with Gasteiger partial charge in [-0.05, 0) is 37.8 Å². The molecule has 2 unspecified atom stereocenters. The molecule has 0 bridgehead atoms. The van der Waals surface area contributed by atoms with Crippen LogP contribution in [0, 0.1) is 5.92 Å². The third kappa shape index (κ3) is 2.95. The van der Waals surface area contributed by atoms with E-state index in [2.05, 4.69) is 11.9 Å². The minimum atomic E-state index is -0.697. The highest BCUT2D eigenvalue weighted by atomic mass is 16.2. The van der Waals surface area contributed by atoms with E-state index in [1.54, 1.807) is 17.3 Å². The summed E-state index contributed by atoms with van der Waals surface area (Å²) >= 11 is 0. The maximum absolute atomic E-state index is 12.8. The molecule has 1 aliphatic rings. The Morgan fingerprint density at radius 2 is 2.21 bits per heavy atom. The Bertz CT molecular complexity index is 434. The molecular formula is C15H23N3O. The van der Waals surface area contributed by atoms with E-state index in [1.165, 1.54) is 6.42 Å². The molecule has 1 heterocycles. The number of hydrogen-bond acceptors (Lipinski definition) is 3. The summed E-state index contributed by atoms with van der Waals surface area (Å²) in [5.74, 6) is 0.576. The second kappa shape index (κ2) is 5.70. The minimum Gasteiger partial charge on any atom is -0.317 e. The average molecular weight is 261 g/mol. The lowest BCUT2D eigenvalue weighted by Crippen LogP contribution is -2.57. The molecule has 2 atom stereocenters. The Hall–Kier alpha value is -1.42. The fourth-order valence-corrected chi connectivity index (χ4v) is 3.02. The Balaban J connectivity index is 2.21. The number of nitrogens with zero attached hydrogens (tertiary/aromatic N) is 2. The van der Waals surface area contributed by atoms with E-state index in [-0.39, 0.29) is 5.91 Å². The summed E-state index contributed by atoms with van der Waals surface area (Å²) in [6.45, 7) is 4.79. The second-order valence-electron chi connectivity index (χ2n) is 5.61. The van der Waals surface area contributed by atoms with Crippen molar-refractivity contribution in [3.63, 3.8) is 0 Å².